The third-order valence-corrected chi connectivity index (χ3v) is 3.63. The van der Waals surface area contributed by atoms with Crippen molar-refractivity contribution in [2.75, 3.05) is 18.9 Å². The molecule has 5 nitrogen and oxygen atoms in total. The number of nitrogens with zero attached hydrogens (tertiary/aromatic N) is 1. The predicted molar refractivity (Wildman–Crippen MR) is 101 cm³/mol. The molecule has 0 saturated heterocycles. The highest BCUT2D eigenvalue weighted by Crippen LogP contribution is 2.12. The molecular formula is C20H23N3O2. The van der Waals surface area contributed by atoms with Crippen molar-refractivity contribution >= 4 is 23.7 Å². The van der Waals surface area contributed by atoms with E-state index in [1.54, 1.807) is 11.9 Å². The fourth-order valence-electron chi connectivity index (χ4n) is 2.22. The van der Waals surface area contributed by atoms with Crippen molar-refractivity contribution in [3.8, 4) is 0 Å². The molecule has 0 radical (unpaired) electrons. The first-order valence-corrected chi connectivity index (χ1v) is 8.11. The molecule has 0 atom stereocenters. The summed E-state index contributed by atoms with van der Waals surface area (Å²) >= 11 is 0. The number of hydrogen-bond donors (Lipinski definition) is 2. The van der Waals surface area contributed by atoms with Crippen molar-refractivity contribution in [2.24, 2.45) is 0 Å². The number of rotatable bonds is 6. The van der Waals surface area contributed by atoms with E-state index in [0.717, 1.165) is 11.1 Å². The van der Waals surface area contributed by atoms with Crippen LogP contribution >= 0.6 is 0 Å². The molecule has 0 aliphatic carbocycles. The van der Waals surface area contributed by atoms with Crippen molar-refractivity contribution in [3.05, 3.63) is 71.8 Å². The molecular weight excluding hydrogens is 314 g/mol. The number of benzene rings is 2. The first-order chi connectivity index (χ1) is 12.0. The van der Waals surface area contributed by atoms with Crippen LogP contribution in [0.4, 0.5) is 10.5 Å². The van der Waals surface area contributed by atoms with Gasteiger partial charge in [-0.15, -0.1) is 0 Å². The predicted octanol–water partition coefficient (Wildman–Crippen LogP) is 3.50. The third-order valence-electron chi connectivity index (χ3n) is 3.63. The van der Waals surface area contributed by atoms with Crippen LogP contribution < -0.4 is 10.6 Å². The van der Waals surface area contributed by atoms with Gasteiger partial charge in [-0.2, -0.15) is 0 Å². The lowest BCUT2D eigenvalue weighted by molar-refractivity contribution is -0.128. The second-order valence-corrected chi connectivity index (χ2v) is 5.72. The van der Waals surface area contributed by atoms with Crippen LogP contribution in [-0.4, -0.2) is 30.4 Å². The second-order valence-electron chi connectivity index (χ2n) is 5.72. The number of carbonyl (C=O) groups excluding carboxylic acids is 2. The van der Waals surface area contributed by atoms with Crippen molar-refractivity contribution < 1.29 is 9.59 Å². The summed E-state index contributed by atoms with van der Waals surface area (Å²) in [6.45, 7) is 2.47. The van der Waals surface area contributed by atoms with Gasteiger partial charge >= 0.3 is 6.03 Å². The van der Waals surface area contributed by atoms with Crippen LogP contribution in [0.15, 0.2) is 60.7 Å². The van der Waals surface area contributed by atoms with Gasteiger partial charge in [0, 0.05) is 32.7 Å². The van der Waals surface area contributed by atoms with Crippen molar-refractivity contribution in [3.63, 3.8) is 0 Å². The number of hydrogen-bond acceptors (Lipinski definition) is 2. The largest absolute Gasteiger partial charge is 0.342 e. The summed E-state index contributed by atoms with van der Waals surface area (Å²) in [5.41, 5.74) is 2.74. The maximum absolute atomic E-state index is 11.9. The van der Waals surface area contributed by atoms with Crippen molar-refractivity contribution in [1.82, 2.24) is 10.2 Å². The van der Waals surface area contributed by atoms with E-state index in [-0.39, 0.29) is 11.9 Å². The van der Waals surface area contributed by atoms with E-state index in [1.807, 2.05) is 66.7 Å². The number of carbonyl (C=O) groups is 2. The van der Waals surface area contributed by atoms with Crippen LogP contribution in [0.3, 0.4) is 0 Å². The zero-order valence-corrected chi connectivity index (χ0v) is 14.5. The number of nitrogens with one attached hydrogen (secondary N) is 2. The average Bonchev–Trinajstić information content (AvgIpc) is 2.60. The quantitative estimate of drug-likeness (QED) is 0.847. The lowest BCUT2D eigenvalue weighted by Crippen LogP contribution is -2.28. The standard InChI is InChI=1S/C20H23N3O2/c1-16(24)23(2)15-18-10-6-12-19(14-18)22-20(25)21-13-7-11-17-8-4-3-5-9-17/h3-12,14H,13,15H2,1-2H3,(H2,21,22,25)/b11-7+. The van der Waals surface area contributed by atoms with E-state index in [9.17, 15) is 9.59 Å². The summed E-state index contributed by atoms with van der Waals surface area (Å²) in [7, 11) is 1.74. The number of amides is 3. The Morgan fingerprint density at radius 1 is 1.08 bits per heavy atom. The maximum atomic E-state index is 11.9. The molecule has 0 bridgehead atoms. The van der Waals surface area contributed by atoms with Crippen LogP contribution in [0.25, 0.3) is 6.08 Å². The summed E-state index contributed by atoms with van der Waals surface area (Å²) in [5, 5.41) is 5.57. The minimum absolute atomic E-state index is 0.00121. The zero-order chi connectivity index (χ0) is 18.1. The van der Waals surface area contributed by atoms with E-state index in [1.165, 1.54) is 6.92 Å². The molecule has 0 heterocycles. The lowest BCUT2D eigenvalue weighted by atomic mass is 10.2. The van der Waals surface area contributed by atoms with E-state index < -0.39 is 0 Å². The van der Waals surface area contributed by atoms with Crippen molar-refractivity contribution in [1.29, 1.82) is 0 Å². The Morgan fingerprint density at radius 3 is 2.56 bits per heavy atom. The highest BCUT2D eigenvalue weighted by atomic mass is 16.2. The van der Waals surface area contributed by atoms with Crippen LogP contribution in [0, 0.1) is 0 Å². The number of urea groups is 1. The van der Waals surface area contributed by atoms with E-state index in [2.05, 4.69) is 10.6 Å². The van der Waals surface area contributed by atoms with Gasteiger partial charge in [0.2, 0.25) is 5.91 Å². The summed E-state index contributed by atoms with van der Waals surface area (Å²) in [5.74, 6) is 0.00121. The van der Waals surface area contributed by atoms with Gasteiger partial charge in [-0.1, -0.05) is 54.6 Å². The summed E-state index contributed by atoms with van der Waals surface area (Å²) in [6, 6.07) is 17.1. The van der Waals surface area contributed by atoms with Gasteiger partial charge in [0.1, 0.15) is 0 Å². The van der Waals surface area contributed by atoms with E-state index >= 15 is 0 Å². The van der Waals surface area contributed by atoms with Gasteiger partial charge < -0.3 is 15.5 Å². The number of anilines is 1. The SMILES string of the molecule is CC(=O)N(C)Cc1cccc(NC(=O)NC/C=C/c2ccccc2)c1. The highest BCUT2D eigenvalue weighted by Gasteiger charge is 2.05. The molecule has 2 N–H and O–H groups in total. The molecule has 0 aliphatic rings. The molecule has 25 heavy (non-hydrogen) atoms. The zero-order valence-electron chi connectivity index (χ0n) is 14.5. The molecule has 0 saturated carbocycles. The second kappa shape index (κ2) is 9.27. The maximum Gasteiger partial charge on any atom is 0.319 e. The van der Waals surface area contributed by atoms with Crippen LogP contribution in [0.2, 0.25) is 0 Å². The smallest absolute Gasteiger partial charge is 0.319 e. The van der Waals surface area contributed by atoms with Crippen LogP contribution in [0.1, 0.15) is 18.1 Å². The van der Waals surface area contributed by atoms with Crippen LogP contribution in [-0.2, 0) is 11.3 Å². The van der Waals surface area contributed by atoms with Crippen molar-refractivity contribution in [2.45, 2.75) is 13.5 Å². The summed E-state index contributed by atoms with van der Waals surface area (Å²) in [4.78, 5) is 24.9. The first-order valence-electron chi connectivity index (χ1n) is 8.11. The molecule has 3 amide bonds. The Bertz CT molecular complexity index is 742. The molecule has 0 spiro atoms. The van der Waals surface area contributed by atoms with Gasteiger partial charge in [0.25, 0.3) is 0 Å². The molecule has 130 valence electrons. The molecule has 5 heteroatoms. The minimum Gasteiger partial charge on any atom is -0.342 e. The highest BCUT2D eigenvalue weighted by molar-refractivity contribution is 5.89. The summed E-state index contributed by atoms with van der Waals surface area (Å²) < 4.78 is 0. The molecule has 0 unspecified atom stereocenters. The van der Waals surface area contributed by atoms with E-state index in [4.69, 9.17) is 0 Å². The Hall–Kier alpha value is -3.08. The third kappa shape index (κ3) is 6.51. The molecule has 0 aromatic heterocycles. The van der Waals surface area contributed by atoms with Gasteiger partial charge in [0.15, 0.2) is 0 Å². The molecule has 2 rings (SSSR count). The summed E-state index contributed by atoms with van der Waals surface area (Å²) in [6.07, 6.45) is 3.85. The van der Waals surface area contributed by atoms with Crippen LogP contribution in [0.5, 0.6) is 0 Å². The van der Waals surface area contributed by atoms with E-state index in [0.29, 0.717) is 18.8 Å². The lowest BCUT2D eigenvalue weighted by Gasteiger charge is -2.15. The molecule has 0 fully saturated rings. The monoisotopic (exact) mass is 337 g/mol. The Morgan fingerprint density at radius 2 is 1.84 bits per heavy atom. The Kier molecular flexibility index (Phi) is 6.77. The Labute approximate surface area is 148 Å². The molecule has 2 aromatic rings. The Balaban J connectivity index is 1.82. The van der Waals surface area contributed by atoms with Gasteiger partial charge in [0.05, 0.1) is 0 Å². The fraction of sp³-hybridized carbons (Fsp3) is 0.200. The van der Waals surface area contributed by atoms with Gasteiger partial charge in [-0.05, 0) is 23.3 Å². The normalized spacial score (nSPS) is 10.5. The first kappa shape index (κ1) is 18.3. The van der Waals surface area contributed by atoms with Gasteiger partial charge in [-0.25, -0.2) is 4.79 Å². The minimum atomic E-state index is -0.269. The topological polar surface area (TPSA) is 61.4 Å². The molecule has 2 aromatic carbocycles. The fourth-order valence-corrected chi connectivity index (χ4v) is 2.22. The average molecular weight is 337 g/mol. The van der Waals surface area contributed by atoms with Gasteiger partial charge in [-0.3, -0.25) is 4.79 Å². The molecule has 0 aliphatic heterocycles.